The number of hydrogen-bond acceptors (Lipinski definition) is 3. The van der Waals surface area contributed by atoms with E-state index in [9.17, 15) is 14.4 Å². The Balaban J connectivity index is 2.17. The zero-order valence-electron chi connectivity index (χ0n) is 10.0. The van der Waals surface area contributed by atoms with E-state index in [-0.39, 0.29) is 18.4 Å². The Morgan fingerprint density at radius 3 is 2.35 bits per heavy atom. The highest BCUT2D eigenvalue weighted by atomic mass is 16.4. The van der Waals surface area contributed by atoms with Crippen LogP contribution in [-0.4, -0.2) is 36.0 Å². The molecule has 0 heterocycles. The first-order chi connectivity index (χ1) is 7.91. The lowest BCUT2D eigenvalue weighted by Gasteiger charge is -2.08. The van der Waals surface area contributed by atoms with Gasteiger partial charge in [-0.3, -0.25) is 14.4 Å². The second-order valence-electron chi connectivity index (χ2n) is 4.70. The lowest BCUT2D eigenvalue weighted by Crippen LogP contribution is -2.39. The first-order valence-corrected chi connectivity index (χ1v) is 5.69. The minimum Gasteiger partial charge on any atom is -0.481 e. The lowest BCUT2D eigenvalue weighted by molar-refractivity contribution is -0.140. The van der Waals surface area contributed by atoms with E-state index in [1.54, 1.807) is 0 Å². The van der Waals surface area contributed by atoms with E-state index in [4.69, 9.17) is 5.11 Å². The number of carbonyl (C=O) groups excluding carboxylic acids is 2. The average Bonchev–Trinajstić information content (AvgIpc) is 3.02. The van der Waals surface area contributed by atoms with Crippen molar-refractivity contribution < 1.29 is 19.5 Å². The third-order valence-electron chi connectivity index (χ3n) is 2.58. The molecule has 1 fully saturated rings. The van der Waals surface area contributed by atoms with Gasteiger partial charge in [-0.2, -0.15) is 0 Å². The van der Waals surface area contributed by atoms with Gasteiger partial charge < -0.3 is 15.7 Å². The first-order valence-electron chi connectivity index (χ1n) is 5.69. The highest BCUT2D eigenvalue weighted by molar-refractivity contribution is 5.91. The van der Waals surface area contributed by atoms with Gasteiger partial charge in [-0.1, -0.05) is 13.8 Å². The normalized spacial score (nSPS) is 22.1. The predicted molar refractivity (Wildman–Crippen MR) is 60.1 cm³/mol. The number of rotatable bonds is 6. The topological polar surface area (TPSA) is 95.5 Å². The number of amides is 2. The van der Waals surface area contributed by atoms with Crippen LogP contribution in [0.5, 0.6) is 0 Å². The minimum atomic E-state index is -0.950. The number of carboxylic acids is 1. The lowest BCUT2D eigenvalue weighted by atomic mass is 10.2. The smallest absolute Gasteiger partial charge is 0.307 e. The monoisotopic (exact) mass is 242 g/mol. The van der Waals surface area contributed by atoms with Gasteiger partial charge in [0.15, 0.2) is 0 Å². The molecule has 1 aliphatic rings. The van der Waals surface area contributed by atoms with E-state index in [2.05, 4.69) is 10.6 Å². The molecule has 2 atom stereocenters. The Hall–Kier alpha value is -1.59. The standard InChI is InChI=1S/C11H18N2O4/c1-6(2)4-12-9(14)5-13-10(15)7-3-8(7)11(16)17/h6-8H,3-5H2,1-2H3,(H,12,14)(H,13,15)(H,16,17). The van der Waals surface area contributed by atoms with E-state index in [1.165, 1.54) is 0 Å². The molecule has 6 nitrogen and oxygen atoms in total. The summed E-state index contributed by atoms with van der Waals surface area (Å²) in [7, 11) is 0. The van der Waals surface area contributed by atoms with Gasteiger partial charge in [0.05, 0.1) is 18.4 Å². The molecular formula is C11H18N2O4. The molecule has 0 aromatic carbocycles. The summed E-state index contributed by atoms with van der Waals surface area (Å²) in [4.78, 5) is 33.2. The molecule has 0 radical (unpaired) electrons. The summed E-state index contributed by atoms with van der Waals surface area (Å²) in [6.07, 6.45) is 0.370. The number of nitrogens with one attached hydrogen (secondary N) is 2. The molecule has 1 saturated carbocycles. The zero-order valence-corrected chi connectivity index (χ0v) is 10.0. The first kappa shape index (κ1) is 13.5. The van der Waals surface area contributed by atoms with Crippen LogP contribution in [0.25, 0.3) is 0 Å². The SMILES string of the molecule is CC(C)CNC(=O)CNC(=O)C1CC1C(=O)O. The molecule has 3 N–H and O–H groups in total. The largest absolute Gasteiger partial charge is 0.481 e. The summed E-state index contributed by atoms with van der Waals surface area (Å²) >= 11 is 0. The molecule has 6 heteroatoms. The molecule has 2 amide bonds. The van der Waals surface area contributed by atoms with Gasteiger partial charge in [0.1, 0.15) is 0 Å². The maximum absolute atomic E-state index is 11.4. The molecule has 0 aromatic rings. The van der Waals surface area contributed by atoms with Crippen molar-refractivity contribution in [2.24, 2.45) is 17.8 Å². The Labute approximate surface area is 99.8 Å². The fraction of sp³-hybridized carbons (Fsp3) is 0.727. The Morgan fingerprint density at radius 2 is 1.88 bits per heavy atom. The van der Waals surface area contributed by atoms with E-state index < -0.39 is 17.8 Å². The molecule has 17 heavy (non-hydrogen) atoms. The quantitative estimate of drug-likeness (QED) is 0.590. The van der Waals surface area contributed by atoms with Crippen molar-refractivity contribution in [3.8, 4) is 0 Å². The van der Waals surface area contributed by atoms with Crippen molar-refractivity contribution in [2.45, 2.75) is 20.3 Å². The van der Waals surface area contributed by atoms with Crippen molar-refractivity contribution in [1.29, 1.82) is 0 Å². The van der Waals surface area contributed by atoms with Gasteiger partial charge in [-0.05, 0) is 12.3 Å². The Kier molecular flexibility index (Phi) is 4.48. The van der Waals surface area contributed by atoms with Crippen LogP contribution >= 0.6 is 0 Å². The fourth-order valence-electron chi connectivity index (χ4n) is 1.44. The van der Waals surface area contributed by atoms with E-state index in [1.807, 2.05) is 13.8 Å². The van der Waals surface area contributed by atoms with Crippen molar-refractivity contribution in [1.82, 2.24) is 10.6 Å². The Bertz CT molecular complexity index is 327. The molecule has 0 spiro atoms. The summed E-state index contributed by atoms with van der Waals surface area (Å²) in [5, 5.41) is 13.7. The maximum atomic E-state index is 11.4. The highest BCUT2D eigenvalue weighted by Gasteiger charge is 2.48. The second-order valence-corrected chi connectivity index (χ2v) is 4.70. The number of carboxylic acid groups (broad SMARTS) is 1. The van der Waals surface area contributed by atoms with Gasteiger partial charge in [-0.25, -0.2) is 0 Å². The molecule has 1 aliphatic carbocycles. The van der Waals surface area contributed by atoms with Crippen LogP contribution in [0, 0.1) is 17.8 Å². The van der Waals surface area contributed by atoms with Gasteiger partial charge in [0.2, 0.25) is 11.8 Å². The molecule has 96 valence electrons. The van der Waals surface area contributed by atoms with Crippen molar-refractivity contribution in [3.63, 3.8) is 0 Å². The summed E-state index contributed by atoms with van der Waals surface area (Å²) in [6, 6.07) is 0. The van der Waals surface area contributed by atoms with Crippen LogP contribution in [0.1, 0.15) is 20.3 Å². The summed E-state index contributed by atoms with van der Waals surface area (Å²) in [5.41, 5.74) is 0. The molecule has 0 aromatic heterocycles. The summed E-state index contributed by atoms with van der Waals surface area (Å²) in [6.45, 7) is 4.42. The van der Waals surface area contributed by atoms with Crippen LogP contribution in [0.4, 0.5) is 0 Å². The molecular weight excluding hydrogens is 224 g/mol. The van der Waals surface area contributed by atoms with Crippen LogP contribution in [0.15, 0.2) is 0 Å². The van der Waals surface area contributed by atoms with Crippen LogP contribution < -0.4 is 10.6 Å². The number of carbonyl (C=O) groups is 3. The van der Waals surface area contributed by atoms with Gasteiger partial charge in [-0.15, -0.1) is 0 Å². The van der Waals surface area contributed by atoms with E-state index in [0.29, 0.717) is 18.9 Å². The maximum Gasteiger partial charge on any atom is 0.307 e. The zero-order chi connectivity index (χ0) is 13.0. The van der Waals surface area contributed by atoms with Gasteiger partial charge in [0.25, 0.3) is 0 Å². The predicted octanol–water partition coefficient (Wildman–Crippen LogP) is -0.404. The summed E-state index contributed by atoms with van der Waals surface area (Å²) < 4.78 is 0. The number of aliphatic carboxylic acids is 1. The summed E-state index contributed by atoms with van der Waals surface area (Å²) in [5.74, 6) is -2.24. The average molecular weight is 242 g/mol. The molecule has 0 bridgehead atoms. The molecule has 2 unspecified atom stereocenters. The molecule has 0 saturated heterocycles. The third-order valence-corrected chi connectivity index (χ3v) is 2.58. The van der Waals surface area contributed by atoms with E-state index in [0.717, 1.165) is 0 Å². The molecule has 0 aliphatic heterocycles. The van der Waals surface area contributed by atoms with Crippen LogP contribution in [0.3, 0.4) is 0 Å². The van der Waals surface area contributed by atoms with Crippen molar-refractivity contribution >= 4 is 17.8 Å². The third kappa shape index (κ3) is 4.42. The van der Waals surface area contributed by atoms with Gasteiger partial charge >= 0.3 is 5.97 Å². The van der Waals surface area contributed by atoms with Crippen molar-refractivity contribution in [2.75, 3.05) is 13.1 Å². The fourth-order valence-corrected chi connectivity index (χ4v) is 1.44. The second kappa shape index (κ2) is 5.65. The highest BCUT2D eigenvalue weighted by Crippen LogP contribution is 2.38. The van der Waals surface area contributed by atoms with Gasteiger partial charge in [0, 0.05) is 6.54 Å². The van der Waals surface area contributed by atoms with Crippen LogP contribution in [0.2, 0.25) is 0 Å². The Morgan fingerprint density at radius 1 is 1.24 bits per heavy atom. The van der Waals surface area contributed by atoms with Crippen molar-refractivity contribution in [3.05, 3.63) is 0 Å². The molecule has 1 rings (SSSR count). The van der Waals surface area contributed by atoms with E-state index >= 15 is 0 Å². The van der Waals surface area contributed by atoms with Crippen LogP contribution in [-0.2, 0) is 14.4 Å². The number of hydrogen-bond donors (Lipinski definition) is 3. The minimum absolute atomic E-state index is 0.0889.